The number of nitrogens with one attached hydrogen (secondary N) is 2. The lowest BCUT2D eigenvalue weighted by Crippen LogP contribution is -2.27. The number of carbonyl (C=O) groups is 1. The third kappa shape index (κ3) is 6.14. The highest BCUT2D eigenvalue weighted by atomic mass is 19.4. The van der Waals surface area contributed by atoms with E-state index < -0.39 is 17.6 Å². The largest absolute Gasteiger partial charge is 0.416 e. The first-order valence-electron chi connectivity index (χ1n) is 14.9. The van der Waals surface area contributed by atoms with Crippen LogP contribution in [0.5, 0.6) is 0 Å². The summed E-state index contributed by atoms with van der Waals surface area (Å²) in [4.78, 5) is 19.7. The fourth-order valence-electron chi connectivity index (χ4n) is 5.85. The molecule has 0 saturated heterocycles. The van der Waals surface area contributed by atoms with Crippen LogP contribution in [0.3, 0.4) is 0 Å². The second kappa shape index (κ2) is 12.6. The number of pyridine rings is 1. The number of amides is 1. The Balaban J connectivity index is 1.41. The number of rotatable bonds is 10. The third-order valence-electron chi connectivity index (χ3n) is 8.44. The summed E-state index contributed by atoms with van der Waals surface area (Å²) in [6.07, 6.45) is 0.448. The first-order chi connectivity index (χ1) is 22.2. The first-order valence-corrected chi connectivity index (χ1v) is 14.9. The molecule has 0 bridgehead atoms. The van der Waals surface area contributed by atoms with Crippen molar-refractivity contribution in [1.29, 1.82) is 10.5 Å². The van der Waals surface area contributed by atoms with Crippen LogP contribution in [0.25, 0.3) is 22.5 Å². The van der Waals surface area contributed by atoms with Crippen molar-refractivity contribution in [3.8, 4) is 34.7 Å². The van der Waals surface area contributed by atoms with E-state index in [4.69, 9.17) is 5.26 Å². The van der Waals surface area contributed by atoms with Crippen molar-refractivity contribution in [1.82, 2.24) is 25.1 Å². The van der Waals surface area contributed by atoms with Gasteiger partial charge in [0.25, 0.3) is 5.91 Å². The third-order valence-corrected chi connectivity index (χ3v) is 8.44. The zero-order chi connectivity index (χ0) is 32.4. The standard InChI is InChI=1S/C33H30F3N9O/c1-44-19-41-43-31(44)24-7-6-21(15-38)10-25(24)23-13-29(40-9-3-8-37)42-30(14-23)45-18-27-26(32(45)46)11-22(12-28(27)33(34,35)36)17-39-16-20-4-2-5-20/h6-7,10-14,19-20,39H,2-5,9,16-18H2,1H3,(H,40,42). The molecule has 0 atom stereocenters. The number of anilines is 2. The molecule has 13 heteroatoms. The van der Waals surface area contributed by atoms with E-state index in [1.807, 2.05) is 0 Å². The molecule has 1 amide bonds. The van der Waals surface area contributed by atoms with E-state index in [0.29, 0.717) is 45.4 Å². The Morgan fingerprint density at radius 3 is 2.57 bits per heavy atom. The molecule has 0 unspecified atom stereocenters. The van der Waals surface area contributed by atoms with Crippen molar-refractivity contribution in [2.45, 2.75) is 44.9 Å². The molecule has 6 rings (SSSR count). The van der Waals surface area contributed by atoms with Crippen molar-refractivity contribution in [3.63, 3.8) is 0 Å². The van der Waals surface area contributed by atoms with Crippen LogP contribution in [-0.2, 0) is 26.3 Å². The quantitative estimate of drug-likeness (QED) is 0.211. The molecule has 4 aromatic rings. The maximum atomic E-state index is 14.4. The number of aromatic nitrogens is 4. The molecule has 0 spiro atoms. The minimum atomic E-state index is -4.66. The number of aryl methyl sites for hydroxylation is 1. The highest BCUT2D eigenvalue weighted by Gasteiger charge is 2.41. The van der Waals surface area contributed by atoms with Gasteiger partial charge in [0.2, 0.25) is 0 Å². The van der Waals surface area contributed by atoms with Gasteiger partial charge in [-0.25, -0.2) is 4.98 Å². The van der Waals surface area contributed by atoms with Crippen molar-refractivity contribution in [2.75, 3.05) is 23.3 Å². The second-order valence-corrected chi connectivity index (χ2v) is 11.6. The van der Waals surface area contributed by atoms with Crippen LogP contribution >= 0.6 is 0 Å². The Morgan fingerprint density at radius 2 is 1.89 bits per heavy atom. The second-order valence-electron chi connectivity index (χ2n) is 11.6. The molecule has 1 saturated carbocycles. The molecule has 3 heterocycles. The van der Waals surface area contributed by atoms with E-state index in [0.717, 1.165) is 25.5 Å². The fourth-order valence-corrected chi connectivity index (χ4v) is 5.85. The summed E-state index contributed by atoms with van der Waals surface area (Å²) < 4.78 is 44.8. The summed E-state index contributed by atoms with van der Waals surface area (Å²) in [5.41, 5.74) is 1.59. The molecule has 2 N–H and O–H groups in total. The van der Waals surface area contributed by atoms with Gasteiger partial charge in [0, 0.05) is 31.3 Å². The number of alkyl halides is 3. The molecular weight excluding hydrogens is 595 g/mol. The summed E-state index contributed by atoms with van der Waals surface area (Å²) in [7, 11) is 1.78. The molecule has 2 aromatic carbocycles. The smallest absolute Gasteiger partial charge is 0.369 e. The van der Waals surface area contributed by atoms with Crippen LogP contribution < -0.4 is 15.5 Å². The van der Waals surface area contributed by atoms with Crippen LogP contribution in [0.2, 0.25) is 0 Å². The first kappa shape index (κ1) is 30.7. The molecule has 0 radical (unpaired) electrons. The molecule has 2 aromatic heterocycles. The molecule has 10 nitrogen and oxygen atoms in total. The summed E-state index contributed by atoms with van der Waals surface area (Å²) >= 11 is 0. The highest BCUT2D eigenvalue weighted by molar-refractivity contribution is 6.10. The fraction of sp³-hybridized carbons (Fsp3) is 0.333. The van der Waals surface area contributed by atoms with Crippen molar-refractivity contribution >= 4 is 17.5 Å². The van der Waals surface area contributed by atoms with Gasteiger partial charge in [-0.3, -0.25) is 9.69 Å². The maximum Gasteiger partial charge on any atom is 0.416 e. The van der Waals surface area contributed by atoms with Crippen LogP contribution in [-0.4, -0.2) is 38.7 Å². The van der Waals surface area contributed by atoms with Gasteiger partial charge in [0.1, 0.15) is 18.0 Å². The van der Waals surface area contributed by atoms with Gasteiger partial charge in [-0.05, 0) is 90.0 Å². The van der Waals surface area contributed by atoms with E-state index in [1.165, 1.54) is 11.3 Å². The van der Waals surface area contributed by atoms with Gasteiger partial charge in [0.05, 0.1) is 36.2 Å². The average molecular weight is 626 g/mol. The average Bonchev–Trinajstić information content (AvgIpc) is 3.59. The van der Waals surface area contributed by atoms with E-state index in [9.17, 15) is 23.2 Å². The van der Waals surface area contributed by atoms with Gasteiger partial charge in [0.15, 0.2) is 5.82 Å². The van der Waals surface area contributed by atoms with Crippen molar-refractivity contribution < 1.29 is 18.0 Å². The molecular formula is C33H30F3N9O. The van der Waals surface area contributed by atoms with E-state index in [2.05, 4.69) is 38.0 Å². The number of fused-ring (bicyclic) bond motifs is 1. The maximum absolute atomic E-state index is 14.4. The SMILES string of the molecule is Cn1cnnc1-c1ccc(C#N)cc1-c1cc(NCCC#N)nc(N2Cc3c(cc(CNCC4CCC4)cc3C(F)(F)F)C2=O)c1. The minimum absolute atomic E-state index is 0.00675. The molecule has 234 valence electrons. The summed E-state index contributed by atoms with van der Waals surface area (Å²) in [6.45, 7) is 0.882. The molecule has 1 fully saturated rings. The number of hydrogen-bond acceptors (Lipinski definition) is 8. The zero-order valence-corrected chi connectivity index (χ0v) is 25.0. The van der Waals surface area contributed by atoms with Crippen molar-refractivity contribution in [3.05, 3.63) is 76.6 Å². The lowest BCUT2D eigenvalue weighted by molar-refractivity contribution is -0.138. The summed E-state index contributed by atoms with van der Waals surface area (Å²) in [5, 5.41) is 33.2. The van der Waals surface area contributed by atoms with Crippen LogP contribution in [0, 0.1) is 28.6 Å². The number of halogens is 3. The Hall–Kier alpha value is -5.27. The Morgan fingerprint density at radius 1 is 1.07 bits per heavy atom. The molecule has 2 aliphatic rings. The van der Waals surface area contributed by atoms with Crippen LogP contribution in [0.1, 0.15) is 58.3 Å². The van der Waals surface area contributed by atoms with Crippen molar-refractivity contribution in [2.24, 2.45) is 13.0 Å². The number of carbonyl (C=O) groups excluding carboxylic acids is 1. The number of benzene rings is 2. The highest BCUT2D eigenvalue weighted by Crippen LogP contribution is 2.41. The normalized spacial score (nSPS) is 14.5. The molecule has 1 aliphatic heterocycles. The molecule has 1 aliphatic carbocycles. The van der Waals surface area contributed by atoms with Crippen LogP contribution in [0.15, 0.2) is 48.8 Å². The van der Waals surface area contributed by atoms with Gasteiger partial charge < -0.3 is 15.2 Å². The topological polar surface area (TPSA) is 136 Å². The van der Waals surface area contributed by atoms with E-state index in [1.54, 1.807) is 54.3 Å². The summed E-state index contributed by atoms with van der Waals surface area (Å²) in [6, 6.07) is 15.2. The number of nitriles is 2. The van der Waals surface area contributed by atoms with E-state index >= 15 is 0 Å². The monoisotopic (exact) mass is 625 g/mol. The lowest BCUT2D eigenvalue weighted by atomic mass is 9.85. The Bertz CT molecular complexity index is 1880. The minimum Gasteiger partial charge on any atom is -0.369 e. The van der Waals surface area contributed by atoms with Gasteiger partial charge in [-0.2, -0.15) is 23.7 Å². The zero-order valence-electron chi connectivity index (χ0n) is 25.0. The van der Waals surface area contributed by atoms with Gasteiger partial charge in [-0.15, -0.1) is 10.2 Å². The summed E-state index contributed by atoms with van der Waals surface area (Å²) in [5.74, 6) is 0.908. The lowest BCUT2D eigenvalue weighted by Gasteiger charge is -2.25. The van der Waals surface area contributed by atoms with E-state index in [-0.39, 0.29) is 43.0 Å². The number of nitrogens with zero attached hydrogens (tertiary/aromatic N) is 7. The molecule has 46 heavy (non-hydrogen) atoms. The Labute approximate surface area is 263 Å². The predicted molar refractivity (Wildman–Crippen MR) is 164 cm³/mol. The van der Waals surface area contributed by atoms with Gasteiger partial charge >= 0.3 is 6.18 Å². The van der Waals surface area contributed by atoms with Gasteiger partial charge in [-0.1, -0.05) is 6.42 Å². The Kier molecular flexibility index (Phi) is 8.43. The number of hydrogen-bond donors (Lipinski definition) is 2. The predicted octanol–water partition coefficient (Wildman–Crippen LogP) is 5.81. The van der Waals surface area contributed by atoms with Crippen LogP contribution in [0.4, 0.5) is 24.8 Å².